The van der Waals surface area contributed by atoms with Crippen molar-refractivity contribution in [1.29, 1.82) is 0 Å². The average molecular weight is 324 g/mol. The van der Waals surface area contributed by atoms with Crippen molar-refractivity contribution in [3.05, 3.63) is 65.5 Å². The third-order valence-electron chi connectivity index (χ3n) is 4.29. The van der Waals surface area contributed by atoms with Crippen LogP contribution >= 0.6 is 0 Å². The van der Waals surface area contributed by atoms with Gasteiger partial charge in [-0.25, -0.2) is 4.39 Å². The molecule has 2 aromatic rings. The second-order valence-corrected chi connectivity index (χ2v) is 6.06. The summed E-state index contributed by atoms with van der Waals surface area (Å²) in [5, 5.41) is 0. The van der Waals surface area contributed by atoms with Gasteiger partial charge in [-0.1, -0.05) is 18.2 Å². The summed E-state index contributed by atoms with van der Waals surface area (Å²) in [6.45, 7) is 3.06. The Kier molecular flexibility index (Phi) is 5.04. The highest BCUT2D eigenvalue weighted by Crippen LogP contribution is 2.23. The van der Waals surface area contributed by atoms with E-state index in [0.29, 0.717) is 5.56 Å². The van der Waals surface area contributed by atoms with Gasteiger partial charge >= 0.3 is 0 Å². The highest BCUT2D eigenvalue weighted by atomic mass is 19.1. The summed E-state index contributed by atoms with van der Waals surface area (Å²) in [5.41, 5.74) is 2.64. The number of rotatable bonds is 4. The molecule has 2 aromatic carbocycles. The van der Waals surface area contributed by atoms with Crippen LogP contribution in [0.15, 0.2) is 53.5 Å². The van der Waals surface area contributed by atoms with Gasteiger partial charge < -0.3 is 4.90 Å². The van der Waals surface area contributed by atoms with Crippen molar-refractivity contribution in [2.24, 2.45) is 4.99 Å². The van der Waals surface area contributed by atoms with Crippen LogP contribution in [0.4, 0.5) is 10.1 Å². The van der Waals surface area contributed by atoms with Gasteiger partial charge in [-0.3, -0.25) is 9.79 Å². The van der Waals surface area contributed by atoms with Crippen molar-refractivity contribution in [2.45, 2.75) is 26.2 Å². The molecule has 24 heavy (non-hydrogen) atoms. The second kappa shape index (κ2) is 7.39. The minimum atomic E-state index is -0.334. The maximum atomic E-state index is 13.1. The summed E-state index contributed by atoms with van der Waals surface area (Å²) in [7, 11) is 0. The van der Waals surface area contributed by atoms with Gasteiger partial charge in [0.15, 0.2) is 5.78 Å². The van der Waals surface area contributed by atoms with E-state index in [4.69, 9.17) is 0 Å². The first-order valence-corrected chi connectivity index (χ1v) is 8.30. The van der Waals surface area contributed by atoms with Gasteiger partial charge in [-0.15, -0.1) is 0 Å². The monoisotopic (exact) mass is 324 g/mol. The molecule has 0 atom stereocenters. The molecule has 3 nitrogen and oxygen atoms in total. The van der Waals surface area contributed by atoms with Crippen molar-refractivity contribution in [2.75, 3.05) is 18.0 Å². The van der Waals surface area contributed by atoms with E-state index >= 15 is 0 Å². The molecule has 0 saturated heterocycles. The van der Waals surface area contributed by atoms with E-state index in [1.54, 1.807) is 0 Å². The van der Waals surface area contributed by atoms with Gasteiger partial charge in [-0.2, -0.15) is 0 Å². The minimum absolute atomic E-state index is 0.0356. The summed E-state index contributed by atoms with van der Waals surface area (Å²) in [4.78, 5) is 19.3. The molecule has 124 valence electrons. The largest absolute Gasteiger partial charge is 0.322 e. The lowest BCUT2D eigenvalue weighted by Gasteiger charge is -2.29. The first-order chi connectivity index (χ1) is 11.6. The molecule has 4 heteroatoms. The van der Waals surface area contributed by atoms with Crippen molar-refractivity contribution in [1.82, 2.24) is 0 Å². The Bertz CT molecular complexity index is 752. The van der Waals surface area contributed by atoms with Crippen LogP contribution in [-0.4, -0.2) is 24.7 Å². The first-order valence-electron chi connectivity index (χ1n) is 8.30. The van der Waals surface area contributed by atoms with Crippen molar-refractivity contribution < 1.29 is 9.18 Å². The predicted octanol–water partition coefficient (Wildman–Crippen LogP) is 4.41. The number of Topliss-reactive ketones (excluding diaryl/α,β-unsaturated/α-hetero) is 1. The smallest absolute Gasteiger partial charge is 0.182 e. The Morgan fingerprint density at radius 2 is 1.88 bits per heavy atom. The summed E-state index contributed by atoms with van der Waals surface area (Å²) >= 11 is 0. The quantitative estimate of drug-likeness (QED) is 0.781. The lowest BCUT2D eigenvalue weighted by Crippen LogP contribution is -2.37. The number of carbonyl (C=O) groups excluding carboxylic acids is 1. The number of aliphatic imine (C=N–C) groups is 1. The molecule has 0 unspecified atom stereocenters. The zero-order chi connectivity index (χ0) is 16.9. The number of para-hydroxylation sites is 1. The molecule has 0 saturated carbocycles. The molecule has 0 aromatic heterocycles. The Balaban J connectivity index is 1.90. The highest BCUT2D eigenvalue weighted by molar-refractivity contribution is 6.07. The summed E-state index contributed by atoms with van der Waals surface area (Å²) in [6.07, 6.45) is 3.06. The standard InChI is InChI=1S/C20H21FN2O/c1-15-6-2-3-7-18(15)23(20-8-4-5-13-22-20)14-19(24)16-9-11-17(21)12-10-16/h2-3,6-7,9-12H,4-5,8,13-14H2,1H3. The highest BCUT2D eigenvalue weighted by Gasteiger charge is 2.21. The maximum absolute atomic E-state index is 13.1. The zero-order valence-electron chi connectivity index (χ0n) is 13.8. The van der Waals surface area contributed by atoms with Crippen LogP contribution in [0.3, 0.4) is 0 Å². The van der Waals surface area contributed by atoms with E-state index in [1.807, 2.05) is 36.1 Å². The van der Waals surface area contributed by atoms with Crippen LogP contribution in [0.5, 0.6) is 0 Å². The fourth-order valence-electron chi connectivity index (χ4n) is 2.95. The van der Waals surface area contributed by atoms with Gasteiger partial charge in [0.05, 0.1) is 6.54 Å². The predicted molar refractivity (Wildman–Crippen MR) is 95.4 cm³/mol. The van der Waals surface area contributed by atoms with Crippen LogP contribution in [0, 0.1) is 12.7 Å². The van der Waals surface area contributed by atoms with Crippen molar-refractivity contribution in [3.63, 3.8) is 0 Å². The van der Waals surface area contributed by atoms with Crippen LogP contribution in [-0.2, 0) is 0 Å². The molecule has 0 fully saturated rings. The molecule has 3 rings (SSSR count). The van der Waals surface area contributed by atoms with Crippen molar-refractivity contribution in [3.8, 4) is 0 Å². The molecule has 0 amide bonds. The van der Waals surface area contributed by atoms with Crippen LogP contribution in [0.25, 0.3) is 0 Å². The summed E-state index contributed by atoms with van der Waals surface area (Å²) in [6, 6.07) is 13.7. The molecular formula is C20H21FN2O. The average Bonchev–Trinajstić information content (AvgIpc) is 2.61. The van der Waals surface area contributed by atoms with Crippen LogP contribution in [0.1, 0.15) is 35.2 Å². The molecule has 0 radical (unpaired) electrons. The number of ketones is 1. The first kappa shape index (κ1) is 16.4. The SMILES string of the molecule is Cc1ccccc1N(CC(=O)c1ccc(F)cc1)C1=NCCCC1. The van der Waals surface area contributed by atoms with Gasteiger partial charge in [0, 0.05) is 24.2 Å². The van der Waals surface area contributed by atoms with E-state index in [0.717, 1.165) is 42.9 Å². The molecule has 1 aliphatic rings. The molecule has 1 heterocycles. The number of benzene rings is 2. The van der Waals surface area contributed by atoms with E-state index in [9.17, 15) is 9.18 Å². The number of carbonyl (C=O) groups is 1. The number of aryl methyl sites for hydroxylation is 1. The Morgan fingerprint density at radius 3 is 2.54 bits per heavy atom. The Hall–Kier alpha value is -2.49. The fraction of sp³-hybridized carbons (Fsp3) is 0.300. The number of hydrogen-bond donors (Lipinski definition) is 0. The van der Waals surface area contributed by atoms with Crippen LogP contribution in [0.2, 0.25) is 0 Å². The van der Waals surface area contributed by atoms with E-state index in [2.05, 4.69) is 4.99 Å². The third kappa shape index (κ3) is 3.70. The van der Waals surface area contributed by atoms with E-state index in [1.165, 1.54) is 24.3 Å². The Labute approximate surface area is 141 Å². The maximum Gasteiger partial charge on any atom is 0.182 e. The van der Waals surface area contributed by atoms with Gasteiger partial charge in [-0.05, 0) is 55.7 Å². The molecule has 0 spiro atoms. The lowest BCUT2D eigenvalue weighted by molar-refractivity contribution is 0.100. The second-order valence-electron chi connectivity index (χ2n) is 6.06. The number of anilines is 1. The van der Waals surface area contributed by atoms with E-state index in [-0.39, 0.29) is 18.1 Å². The van der Waals surface area contributed by atoms with Gasteiger partial charge in [0.2, 0.25) is 0 Å². The Morgan fingerprint density at radius 1 is 1.12 bits per heavy atom. The van der Waals surface area contributed by atoms with Crippen LogP contribution < -0.4 is 4.90 Å². The summed E-state index contributed by atoms with van der Waals surface area (Å²) < 4.78 is 13.1. The third-order valence-corrected chi connectivity index (χ3v) is 4.29. The number of hydrogen-bond acceptors (Lipinski definition) is 3. The molecule has 1 aliphatic heterocycles. The topological polar surface area (TPSA) is 32.7 Å². The molecule has 0 N–H and O–H groups in total. The molecular weight excluding hydrogens is 303 g/mol. The van der Waals surface area contributed by atoms with Gasteiger partial charge in [0.1, 0.15) is 11.7 Å². The van der Waals surface area contributed by atoms with Crippen molar-refractivity contribution >= 4 is 17.3 Å². The lowest BCUT2D eigenvalue weighted by atomic mass is 10.1. The number of halogens is 1. The normalized spacial score (nSPS) is 14.2. The van der Waals surface area contributed by atoms with E-state index < -0.39 is 0 Å². The number of amidine groups is 1. The molecule has 0 bridgehead atoms. The minimum Gasteiger partial charge on any atom is -0.322 e. The fourth-order valence-corrected chi connectivity index (χ4v) is 2.95. The molecule has 0 aliphatic carbocycles. The van der Waals surface area contributed by atoms with Gasteiger partial charge in [0.25, 0.3) is 0 Å². The number of nitrogens with zero attached hydrogens (tertiary/aromatic N) is 2. The summed E-state index contributed by atoms with van der Waals surface area (Å²) in [5.74, 6) is 0.594. The zero-order valence-corrected chi connectivity index (χ0v) is 13.8.